The molecule has 0 saturated heterocycles. The molecule has 0 aliphatic heterocycles. The number of hydrogen-bond donors (Lipinski definition) is 0. The monoisotopic (exact) mass is 240 g/mol. The van der Waals surface area contributed by atoms with Crippen molar-refractivity contribution >= 4 is 0 Å². The fraction of sp³-hybridized carbons (Fsp3) is 0.438. The maximum Gasteiger partial charge on any atom is 0.0684 e. The summed E-state index contributed by atoms with van der Waals surface area (Å²) in [6.07, 6.45) is 3.71. The Balaban J connectivity index is 1.96. The third-order valence-corrected chi connectivity index (χ3v) is 3.76. The summed E-state index contributed by atoms with van der Waals surface area (Å²) in [5.41, 5.74) is 5.66. The second kappa shape index (κ2) is 4.60. The molecule has 1 aliphatic carbocycles. The summed E-state index contributed by atoms with van der Waals surface area (Å²) in [6.45, 7) is 5.40. The maximum absolute atomic E-state index is 4.84. The van der Waals surface area contributed by atoms with Gasteiger partial charge in [0.05, 0.1) is 12.2 Å². The highest BCUT2D eigenvalue weighted by Crippen LogP contribution is 2.29. The van der Waals surface area contributed by atoms with Crippen LogP contribution < -0.4 is 0 Å². The van der Waals surface area contributed by atoms with Gasteiger partial charge in [0.15, 0.2) is 0 Å². The lowest BCUT2D eigenvalue weighted by Gasteiger charge is -2.06. The largest absolute Gasteiger partial charge is 0.265 e. The Bertz CT molecular complexity index is 538. The molecule has 3 rings (SSSR count). The van der Waals surface area contributed by atoms with Crippen molar-refractivity contribution in [1.29, 1.82) is 0 Å². The van der Waals surface area contributed by atoms with Crippen molar-refractivity contribution in [3.05, 3.63) is 52.8 Å². The van der Waals surface area contributed by atoms with Crippen molar-refractivity contribution in [2.75, 3.05) is 0 Å². The minimum absolute atomic E-state index is 0.536. The first kappa shape index (κ1) is 11.5. The van der Waals surface area contributed by atoms with Crippen molar-refractivity contribution in [1.82, 2.24) is 9.78 Å². The first-order chi connectivity index (χ1) is 8.75. The normalized spacial score (nSPS) is 14.2. The Morgan fingerprint density at radius 3 is 2.67 bits per heavy atom. The Morgan fingerprint density at radius 2 is 1.94 bits per heavy atom. The van der Waals surface area contributed by atoms with E-state index in [9.17, 15) is 0 Å². The van der Waals surface area contributed by atoms with E-state index in [-0.39, 0.29) is 0 Å². The van der Waals surface area contributed by atoms with E-state index in [2.05, 4.69) is 48.9 Å². The zero-order chi connectivity index (χ0) is 12.5. The molecule has 1 aromatic heterocycles. The summed E-state index contributed by atoms with van der Waals surface area (Å²) in [6, 6.07) is 10.6. The fourth-order valence-electron chi connectivity index (χ4n) is 2.89. The zero-order valence-corrected chi connectivity index (χ0v) is 11.2. The van der Waals surface area contributed by atoms with Crippen LogP contribution >= 0.6 is 0 Å². The highest BCUT2D eigenvalue weighted by atomic mass is 15.3. The molecule has 1 aliphatic rings. The Labute approximate surface area is 109 Å². The van der Waals surface area contributed by atoms with Crippen LogP contribution in [0.15, 0.2) is 30.3 Å². The summed E-state index contributed by atoms with van der Waals surface area (Å²) in [5, 5.41) is 4.84. The van der Waals surface area contributed by atoms with E-state index in [1.807, 2.05) is 0 Å². The van der Waals surface area contributed by atoms with E-state index in [0.717, 1.165) is 6.54 Å². The lowest BCUT2D eigenvalue weighted by Crippen LogP contribution is -2.06. The van der Waals surface area contributed by atoms with Crippen LogP contribution in [0.1, 0.15) is 48.7 Å². The van der Waals surface area contributed by atoms with Gasteiger partial charge in [-0.3, -0.25) is 4.68 Å². The molecule has 94 valence electrons. The molecule has 0 spiro atoms. The predicted molar refractivity (Wildman–Crippen MR) is 73.9 cm³/mol. The summed E-state index contributed by atoms with van der Waals surface area (Å²) in [7, 11) is 0. The van der Waals surface area contributed by atoms with Crippen molar-refractivity contribution in [2.24, 2.45) is 0 Å². The molecule has 1 aromatic carbocycles. The highest BCUT2D eigenvalue weighted by Gasteiger charge is 2.23. The quantitative estimate of drug-likeness (QED) is 0.802. The van der Waals surface area contributed by atoms with Crippen molar-refractivity contribution in [3.8, 4) is 0 Å². The van der Waals surface area contributed by atoms with Gasteiger partial charge in [0.1, 0.15) is 0 Å². The first-order valence-corrected chi connectivity index (χ1v) is 6.88. The molecule has 2 aromatic rings. The predicted octanol–water partition coefficient (Wildman–Crippen LogP) is 3.54. The average molecular weight is 240 g/mol. The topological polar surface area (TPSA) is 17.8 Å². The molecule has 0 radical (unpaired) electrons. The van der Waals surface area contributed by atoms with Crippen molar-refractivity contribution in [2.45, 2.75) is 45.6 Å². The van der Waals surface area contributed by atoms with Gasteiger partial charge < -0.3 is 0 Å². The van der Waals surface area contributed by atoms with E-state index in [1.54, 1.807) is 0 Å². The van der Waals surface area contributed by atoms with E-state index >= 15 is 0 Å². The molecule has 0 amide bonds. The lowest BCUT2D eigenvalue weighted by atomic mass is 10.1. The summed E-state index contributed by atoms with van der Waals surface area (Å²) < 4.78 is 2.23. The minimum atomic E-state index is 0.536. The van der Waals surface area contributed by atoms with E-state index in [1.165, 1.54) is 41.8 Å². The smallest absolute Gasteiger partial charge is 0.0684 e. The van der Waals surface area contributed by atoms with E-state index in [0.29, 0.717) is 5.92 Å². The first-order valence-electron chi connectivity index (χ1n) is 6.88. The van der Waals surface area contributed by atoms with Crippen LogP contribution in [-0.4, -0.2) is 9.78 Å². The van der Waals surface area contributed by atoms with Crippen LogP contribution in [0, 0.1) is 0 Å². The van der Waals surface area contributed by atoms with E-state index in [4.69, 9.17) is 5.10 Å². The number of aromatic nitrogens is 2. The molecule has 2 heteroatoms. The third-order valence-electron chi connectivity index (χ3n) is 3.76. The van der Waals surface area contributed by atoms with Gasteiger partial charge in [0.2, 0.25) is 0 Å². The summed E-state index contributed by atoms with van der Waals surface area (Å²) in [5.74, 6) is 0.536. The van der Waals surface area contributed by atoms with Crippen LogP contribution in [0.5, 0.6) is 0 Å². The van der Waals surface area contributed by atoms with Gasteiger partial charge in [0, 0.05) is 5.69 Å². The molecular formula is C16H20N2. The summed E-state index contributed by atoms with van der Waals surface area (Å²) >= 11 is 0. The van der Waals surface area contributed by atoms with Crippen molar-refractivity contribution < 1.29 is 0 Å². The van der Waals surface area contributed by atoms with Gasteiger partial charge in [-0.15, -0.1) is 0 Å². The minimum Gasteiger partial charge on any atom is -0.265 e. The molecule has 0 N–H and O–H groups in total. The van der Waals surface area contributed by atoms with Gasteiger partial charge in [-0.05, 0) is 36.3 Å². The van der Waals surface area contributed by atoms with Gasteiger partial charge >= 0.3 is 0 Å². The molecule has 2 nitrogen and oxygen atoms in total. The van der Waals surface area contributed by atoms with Gasteiger partial charge in [-0.25, -0.2) is 0 Å². The molecule has 0 unspecified atom stereocenters. The molecule has 0 fully saturated rings. The average Bonchev–Trinajstić information content (AvgIpc) is 2.94. The fourth-order valence-corrected chi connectivity index (χ4v) is 2.89. The maximum atomic E-state index is 4.84. The van der Waals surface area contributed by atoms with Gasteiger partial charge in [0.25, 0.3) is 0 Å². The number of nitrogens with zero attached hydrogens (tertiary/aromatic N) is 2. The molecule has 0 atom stereocenters. The summed E-state index contributed by atoms with van der Waals surface area (Å²) in [4.78, 5) is 0. The van der Waals surface area contributed by atoms with Crippen LogP contribution in [0.3, 0.4) is 0 Å². The van der Waals surface area contributed by atoms with Crippen LogP contribution in [0.4, 0.5) is 0 Å². The van der Waals surface area contributed by atoms with Crippen LogP contribution in [0.25, 0.3) is 0 Å². The van der Waals surface area contributed by atoms with Gasteiger partial charge in [-0.1, -0.05) is 44.2 Å². The highest BCUT2D eigenvalue weighted by molar-refractivity contribution is 5.33. The van der Waals surface area contributed by atoms with Crippen LogP contribution in [-0.2, 0) is 19.4 Å². The molecule has 0 bridgehead atoms. The number of benzene rings is 1. The second-order valence-electron chi connectivity index (χ2n) is 5.46. The molecule has 1 heterocycles. The Kier molecular flexibility index (Phi) is 2.94. The molecule has 0 saturated carbocycles. The molecular weight excluding hydrogens is 220 g/mol. The Morgan fingerprint density at radius 1 is 1.17 bits per heavy atom. The molecule has 18 heavy (non-hydrogen) atoms. The lowest BCUT2D eigenvalue weighted by molar-refractivity contribution is 0.621. The van der Waals surface area contributed by atoms with Crippen molar-refractivity contribution in [3.63, 3.8) is 0 Å². The SMILES string of the molecule is CC(C)c1nn(Cc2ccccc2)c2c1CCC2. The zero-order valence-electron chi connectivity index (χ0n) is 11.2. The second-order valence-corrected chi connectivity index (χ2v) is 5.46. The third kappa shape index (κ3) is 1.96. The van der Waals surface area contributed by atoms with Gasteiger partial charge in [-0.2, -0.15) is 5.10 Å². The number of hydrogen-bond acceptors (Lipinski definition) is 1. The standard InChI is InChI=1S/C16H20N2/c1-12(2)16-14-9-6-10-15(14)18(17-16)11-13-7-4-3-5-8-13/h3-5,7-8,12H,6,9-11H2,1-2H3. The van der Waals surface area contributed by atoms with E-state index < -0.39 is 0 Å². The number of rotatable bonds is 3. The number of fused-ring (bicyclic) bond motifs is 1. The van der Waals surface area contributed by atoms with Crippen LogP contribution in [0.2, 0.25) is 0 Å². The Hall–Kier alpha value is -1.57.